The summed E-state index contributed by atoms with van der Waals surface area (Å²) in [4.78, 5) is 0. The quantitative estimate of drug-likeness (QED) is 0.936. The highest BCUT2D eigenvalue weighted by molar-refractivity contribution is 6.30. The molecule has 0 atom stereocenters. The van der Waals surface area contributed by atoms with Crippen molar-refractivity contribution in [1.29, 1.82) is 0 Å². The van der Waals surface area contributed by atoms with Crippen molar-refractivity contribution in [3.05, 3.63) is 34.6 Å². The van der Waals surface area contributed by atoms with E-state index in [-0.39, 0.29) is 6.61 Å². The van der Waals surface area contributed by atoms with E-state index in [1.165, 1.54) is 0 Å². The Morgan fingerprint density at radius 1 is 1.32 bits per heavy atom. The van der Waals surface area contributed by atoms with Gasteiger partial charge in [0.2, 0.25) is 0 Å². The number of aryl methyl sites for hydroxylation is 1. The van der Waals surface area contributed by atoms with E-state index >= 15 is 0 Å². The molecule has 0 saturated heterocycles. The van der Waals surface area contributed by atoms with E-state index < -0.39 is 0 Å². The molecule has 1 aromatic heterocycles. The Balaban J connectivity index is 2.52. The number of hydrogen-bond acceptors (Lipinski definition) is 3. The van der Waals surface area contributed by atoms with Crippen LogP contribution >= 0.6 is 11.6 Å². The van der Waals surface area contributed by atoms with E-state index in [4.69, 9.17) is 11.6 Å². The molecule has 0 aliphatic carbocycles. The molecule has 0 bridgehead atoms. The Morgan fingerprint density at radius 3 is 2.63 bits per heavy atom. The second-order valence-electron chi connectivity index (χ2n) is 5.06. The largest absolute Gasteiger partial charge is 0.388 e. The highest BCUT2D eigenvalue weighted by Gasteiger charge is 2.15. The summed E-state index contributed by atoms with van der Waals surface area (Å²) in [6, 6.07) is 5.69. The normalized spacial score (nSPS) is 11.3. The molecular formula is C14H18ClN3O. The number of nitrogens with zero attached hydrogens (tertiary/aromatic N) is 3. The first kappa shape index (κ1) is 14.0. The third-order valence-electron chi connectivity index (χ3n) is 2.95. The Kier molecular flexibility index (Phi) is 4.22. The first-order valence-corrected chi connectivity index (χ1v) is 6.70. The molecule has 0 spiro atoms. The third kappa shape index (κ3) is 2.96. The maximum absolute atomic E-state index is 9.36. The van der Waals surface area contributed by atoms with Gasteiger partial charge in [-0.2, -0.15) is 0 Å². The van der Waals surface area contributed by atoms with E-state index in [1.54, 1.807) is 0 Å². The number of benzene rings is 1. The van der Waals surface area contributed by atoms with Crippen LogP contribution in [0.5, 0.6) is 0 Å². The van der Waals surface area contributed by atoms with Crippen molar-refractivity contribution >= 4 is 11.6 Å². The minimum absolute atomic E-state index is 0.105. The van der Waals surface area contributed by atoms with Crippen molar-refractivity contribution in [3.63, 3.8) is 0 Å². The van der Waals surface area contributed by atoms with Gasteiger partial charge in [-0.1, -0.05) is 25.4 Å². The van der Waals surface area contributed by atoms with Crippen LogP contribution in [-0.4, -0.2) is 19.9 Å². The predicted molar refractivity (Wildman–Crippen MR) is 76.0 cm³/mol. The van der Waals surface area contributed by atoms with Crippen LogP contribution in [0.4, 0.5) is 0 Å². The fraction of sp³-hybridized carbons (Fsp3) is 0.429. The Morgan fingerprint density at radius 2 is 2.05 bits per heavy atom. The van der Waals surface area contributed by atoms with Crippen LogP contribution in [0, 0.1) is 12.8 Å². The molecule has 0 aliphatic heterocycles. The van der Waals surface area contributed by atoms with Gasteiger partial charge in [0.1, 0.15) is 6.61 Å². The lowest BCUT2D eigenvalue weighted by atomic mass is 10.1. The molecule has 1 N–H and O–H groups in total. The van der Waals surface area contributed by atoms with Gasteiger partial charge in [-0.15, -0.1) is 10.2 Å². The van der Waals surface area contributed by atoms with Gasteiger partial charge < -0.3 is 9.67 Å². The first-order chi connectivity index (χ1) is 9.02. The summed E-state index contributed by atoms with van der Waals surface area (Å²) in [5.41, 5.74) is 2.05. The molecule has 0 unspecified atom stereocenters. The molecule has 0 saturated carbocycles. The van der Waals surface area contributed by atoms with E-state index in [0.717, 1.165) is 23.5 Å². The smallest absolute Gasteiger partial charge is 0.164 e. The summed E-state index contributed by atoms with van der Waals surface area (Å²) in [6.07, 6.45) is 0. The maximum atomic E-state index is 9.36. The molecule has 0 fully saturated rings. The standard InChI is InChI=1S/C14H18ClN3O/c1-9(2)7-18-13(8-19)16-17-14(18)12-5-4-11(15)6-10(12)3/h4-6,9,19H,7-8H2,1-3H3. The summed E-state index contributed by atoms with van der Waals surface area (Å²) in [6.45, 7) is 6.92. The number of rotatable bonds is 4. The monoisotopic (exact) mass is 279 g/mol. The number of hydrogen-bond donors (Lipinski definition) is 1. The van der Waals surface area contributed by atoms with Crippen LogP contribution in [0.1, 0.15) is 25.2 Å². The van der Waals surface area contributed by atoms with E-state index in [1.807, 2.05) is 29.7 Å². The number of aliphatic hydroxyl groups excluding tert-OH is 1. The Labute approximate surface area is 118 Å². The Bertz CT molecular complexity index is 578. The average molecular weight is 280 g/mol. The van der Waals surface area contributed by atoms with Gasteiger partial charge in [0.15, 0.2) is 11.6 Å². The lowest BCUT2D eigenvalue weighted by Crippen LogP contribution is -2.10. The van der Waals surface area contributed by atoms with Crippen molar-refractivity contribution in [2.45, 2.75) is 33.9 Å². The van der Waals surface area contributed by atoms with Gasteiger partial charge in [0.25, 0.3) is 0 Å². The van der Waals surface area contributed by atoms with Gasteiger partial charge in [-0.25, -0.2) is 0 Å². The van der Waals surface area contributed by atoms with Gasteiger partial charge in [0.05, 0.1) is 0 Å². The minimum atomic E-state index is -0.105. The molecule has 0 radical (unpaired) electrons. The molecule has 0 amide bonds. The molecule has 0 aliphatic rings. The zero-order chi connectivity index (χ0) is 14.0. The van der Waals surface area contributed by atoms with Crippen LogP contribution in [0.25, 0.3) is 11.4 Å². The summed E-state index contributed by atoms with van der Waals surface area (Å²) >= 11 is 5.98. The average Bonchev–Trinajstić information content (AvgIpc) is 2.71. The van der Waals surface area contributed by atoms with Crippen molar-refractivity contribution in [2.75, 3.05) is 0 Å². The maximum Gasteiger partial charge on any atom is 0.164 e. The molecule has 2 aromatic rings. The van der Waals surface area contributed by atoms with Gasteiger partial charge in [0, 0.05) is 17.1 Å². The first-order valence-electron chi connectivity index (χ1n) is 6.32. The van der Waals surface area contributed by atoms with Crippen LogP contribution < -0.4 is 0 Å². The second-order valence-corrected chi connectivity index (χ2v) is 5.50. The van der Waals surface area contributed by atoms with Crippen molar-refractivity contribution in [2.24, 2.45) is 5.92 Å². The van der Waals surface area contributed by atoms with Crippen LogP contribution in [-0.2, 0) is 13.2 Å². The highest BCUT2D eigenvalue weighted by Crippen LogP contribution is 2.25. The molecular weight excluding hydrogens is 262 g/mol. The fourth-order valence-electron chi connectivity index (χ4n) is 2.09. The Hall–Kier alpha value is -1.39. The second kappa shape index (κ2) is 5.72. The van der Waals surface area contributed by atoms with E-state index in [0.29, 0.717) is 16.8 Å². The SMILES string of the molecule is Cc1cc(Cl)ccc1-c1nnc(CO)n1CC(C)C. The third-order valence-corrected chi connectivity index (χ3v) is 3.18. The van der Waals surface area contributed by atoms with Gasteiger partial charge >= 0.3 is 0 Å². The molecule has 19 heavy (non-hydrogen) atoms. The summed E-state index contributed by atoms with van der Waals surface area (Å²) in [5, 5.41) is 18.3. The van der Waals surface area contributed by atoms with Crippen LogP contribution in [0.2, 0.25) is 5.02 Å². The molecule has 102 valence electrons. The lowest BCUT2D eigenvalue weighted by Gasteiger charge is -2.13. The zero-order valence-electron chi connectivity index (χ0n) is 11.4. The van der Waals surface area contributed by atoms with Crippen molar-refractivity contribution in [3.8, 4) is 11.4 Å². The van der Waals surface area contributed by atoms with Crippen LogP contribution in [0.15, 0.2) is 18.2 Å². The number of halogens is 1. The number of aromatic nitrogens is 3. The van der Waals surface area contributed by atoms with E-state index in [9.17, 15) is 5.11 Å². The summed E-state index contributed by atoms with van der Waals surface area (Å²) in [5.74, 6) is 1.83. The van der Waals surface area contributed by atoms with Crippen LogP contribution in [0.3, 0.4) is 0 Å². The fourth-order valence-corrected chi connectivity index (χ4v) is 2.31. The van der Waals surface area contributed by atoms with Gasteiger partial charge in [-0.3, -0.25) is 0 Å². The molecule has 2 rings (SSSR count). The molecule has 1 aromatic carbocycles. The van der Waals surface area contributed by atoms with E-state index in [2.05, 4.69) is 24.0 Å². The molecule has 1 heterocycles. The van der Waals surface area contributed by atoms with Crippen molar-refractivity contribution in [1.82, 2.24) is 14.8 Å². The predicted octanol–water partition coefficient (Wildman–Crippen LogP) is 3.06. The number of aliphatic hydroxyl groups is 1. The summed E-state index contributed by atoms with van der Waals surface area (Å²) in [7, 11) is 0. The lowest BCUT2D eigenvalue weighted by molar-refractivity contribution is 0.262. The minimum Gasteiger partial charge on any atom is -0.388 e. The zero-order valence-corrected chi connectivity index (χ0v) is 12.1. The highest BCUT2D eigenvalue weighted by atomic mass is 35.5. The molecule has 5 heteroatoms. The molecule has 4 nitrogen and oxygen atoms in total. The summed E-state index contributed by atoms with van der Waals surface area (Å²) < 4.78 is 1.97. The topological polar surface area (TPSA) is 50.9 Å². The van der Waals surface area contributed by atoms with Gasteiger partial charge in [-0.05, 0) is 36.6 Å². The van der Waals surface area contributed by atoms with Crippen molar-refractivity contribution < 1.29 is 5.11 Å².